The molecule has 0 aromatic carbocycles. The van der Waals surface area contributed by atoms with E-state index in [1.807, 2.05) is 6.92 Å². The van der Waals surface area contributed by atoms with E-state index in [1.54, 1.807) is 0 Å². The number of carbonyl (C=O) groups excluding carboxylic acids is 2. The zero-order valence-electron chi connectivity index (χ0n) is 16.2. The molecule has 8 nitrogen and oxygen atoms in total. The Balaban J connectivity index is 0.00000261. The van der Waals surface area contributed by atoms with Crippen molar-refractivity contribution in [2.45, 2.75) is 45.1 Å². The molecule has 1 saturated carbocycles. The van der Waals surface area contributed by atoms with Crippen LogP contribution in [0.2, 0.25) is 0 Å². The number of amides is 3. The van der Waals surface area contributed by atoms with Crippen LogP contribution >= 0.6 is 24.0 Å². The predicted octanol–water partition coefficient (Wildman–Crippen LogP) is 0.976. The van der Waals surface area contributed by atoms with Crippen molar-refractivity contribution in [3.63, 3.8) is 0 Å². The Hall–Kier alpha value is -1.10. The van der Waals surface area contributed by atoms with Crippen LogP contribution < -0.4 is 16.0 Å². The number of guanidine groups is 1. The van der Waals surface area contributed by atoms with Crippen LogP contribution in [0.25, 0.3) is 0 Å². The highest BCUT2D eigenvalue weighted by Gasteiger charge is 2.28. The molecule has 3 rings (SSSR count). The molecule has 0 bridgehead atoms. The number of hydrogen-bond donors (Lipinski definition) is 3. The predicted molar refractivity (Wildman–Crippen MR) is 116 cm³/mol. The summed E-state index contributed by atoms with van der Waals surface area (Å²) in [5.74, 6) is 1.48. The normalized spacial score (nSPS) is 24.3. The minimum Gasteiger partial charge on any atom is -0.357 e. The van der Waals surface area contributed by atoms with Crippen LogP contribution in [0, 0.1) is 5.92 Å². The molecule has 3 amide bonds. The van der Waals surface area contributed by atoms with Gasteiger partial charge < -0.3 is 20.9 Å². The van der Waals surface area contributed by atoms with Crippen LogP contribution in [0.1, 0.15) is 39.0 Å². The van der Waals surface area contributed by atoms with Gasteiger partial charge in [-0.15, -0.1) is 24.0 Å². The maximum absolute atomic E-state index is 11.6. The first-order valence-corrected chi connectivity index (χ1v) is 10.0. The number of halogens is 1. The Morgan fingerprint density at radius 2 is 2.04 bits per heavy atom. The maximum atomic E-state index is 11.6. The molecule has 3 N–H and O–H groups in total. The molecule has 1 atom stereocenters. The number of nitrogens with one attached hydrogen (secondary N) is 3. The molecule has 3 aliphatic rings. The maximum Gasteiger partial charge on any atom is 0.324 e. The molecule has 9 heteroatoms. The van der Waals surface area contributed by atoms with Crippen molar-refractivity contribution < 1.29 is 9.59 Å². The molecule has 1 unspecified atom stereocenters. The third-order valence-corrected chi connectivity index (χ3v) is 5.48. The summed E-state index contributed by atoms with van der Waals surface area (Å²) in [7, 11) is 0. The highest BCUT2D eigenvalue weighted by atomic mass is 127. The van der Waals surface area contributed by atoms with E-state index in [-0.39, 0.29) is 42.5 Å². The first-order chi connectivity index (χ1) is 12.7. The quantitative estimate of drug-likeness (QED) is 0.214. The van der Waals surface area contributed by atoms with Gasteiger partial charge in [0.2, 0.25) is 5.91 Å². The van der Waals surface area contributed by atoms with Crippen LogP contribution in [0.3, 0.4) is 0 Å². The van der Waals surface area contributed by atoms with Gasteiger partial charge in [-0.3, -0.25) is 14.7 Å². The van der Waals surface area contributed by atoms with Crippen molar-refractivity contribution in [2.75, 3.05) is 45.8 Å². The first-order valence-electron chi connectivity index (χ1n) is 10.0. The molecule has 3 fully saturated rings. The number of aliphatic imine (C=N–C) groups is 1. The first kappa shape index (κ1) is 22.2. The van der Waals surface area contributed by atoms with Gasteiger partial charge in [-0.1, -0.05) is 12.8 Å². The molecule has 0 aromatic rings. The highest BCUT2D eigenvalue weighted by molar-refractivity contribution is 14.0. The fourth-order valence-corrected chi connectivity index (χ4v) is 4.13. The van der Waals surface area contributed by atoms with Crippen molar-refractivity contribution in [3.05, 3.63) is 0 Å². The van der Waals surface area contributed by atoms with E-state index in [9.17, 15) is 9.59 Å². The minimum atomic E-state index is -0.318. The average Bonchev–Trinajstić information content (AvgIpc) is 3.34. The van der Waals surface area contributed by atoms with E-state index < -0.39 is 0 Å². The molecule has 1 aliphatic carbocycles. The third kappa shape index (κ3) is 6.48. The number of urea groups is 1. The highest BCUT2D eigenvalue weighted by Crippen LogP contribution is 2.26. The van der Waals surface area contributed by atoms with Crippen LogP contribution in [0.15, 0.2) is 4.99 Å². The summed E-state index contributed by atoms with van der Waals surface area (Å²) in [5, 5.41) is 9.30. The van der Waals surface area contributed by atoms with Crippen molar-refractivity contribution >= 4 is 41.9 Å². The summed E-state index contributed by atoms with van der Waals surface area (Å²) in [4.78, 5) is 31.5. The van der Waals surface area contributed by atoms with Crippen molar-refractivity contribution in [1.82, 2.24) is 25.8 Å². The molecule has 27 heavy (non-hydrogen) atoms. The second-order valence-electron chi connectivity index (χ2n) is 7.50. The molecule has 2 saturated heterocycles. The smallest absolute Gasteiger partial charge is 0.324 e. The molecule has 2 aliphatic heterocycles. The Bertz CT molecular complexity index is 522. The molecule has 0 spiro atoms. The van der Waals surface area contributed by atoms with Crippen molar-refractivity contribution in [3.8, 4) is 0 Å². The van der Waals surface area contributed by atoms with Gasteiger partial charge in [-0.05, 0) is 32.1 Å². The van der Waals surface area contributed by atoms with Crippen LogP contribution in [0.5, 0.6) is 0 Å². The standard InChI is InChI=1S/C18H32N6O2.HI/c1-2-19-17(20-8-10-24-16(25)11-21-18(24)26)22-15-7-9-23(13-15)12-14-5-3-4-6-14;/h14-15H,2-13H2,1H3,(H,21,26)(H2,19,20,22);1H. The molecule has 154 valence electrons. The van der Waals surface area contributed by atoms with Crippen molar-refractivity contribution in [2.24, 2.45) is 10.9 Å². The van der Waals surface area contributed by atoms with E-state index in [1.165, 1.54) is 37.1 Å². The van der Waals surface area contributed by atoms with E-state index in [2.05, 4.69) is 25.8 Å². The van der Waals surface area contributed by atoms with E-state index in [0.29, 0.717) is 19.1 Å². The Morgan fingerprint density at radius 1 is 1.26 bits per heavy atom. The van der Waals surface area contributed by atoms with Gasteiger partial charge in [-0.25, -0.2) is 4.79 Å². The second-order valence-corrected chi connectivity index (χ2v) is 7.50. The fraction of sp³-hybridized carbons (Fsp3) is 0.833. The Labute approximate surface area is 178 Å². The Morgan fingerprint density at radius 3 is 2.70 bits per heavy atom. The lowest BCUT2D eigenvalue weighted by Crippen LogP contribution is -2.45. The summed E-state index contributed by atoms with van der Waals surface area (Å²) in [6.07, 6.45) is 6.71. The number of likely N-dealkylation sites (tertiary alicyclic amines) is 1. The molecular weight excluding hydrogens is 459 g/mol. The Kier molecular flexibility index (Phi) is 9.07. The van der Waals surface area contributed by atoms with E-state index in [4.69, 9.17) is 0 Å². The minimum absolute atomic E-state index is 0. The lowest BCUT2D eigenvalue weighted by molar-refractivity contribution is -0.124. The average molecular weight is 492 g/mol. The van der Waals surface area contributed by atoms with Gasteiger partial charge in [-0.2, -0.15) is 0 Å². The van der Waals surface area contributed by atoms with Gasteiger partial charge in [0.25, 0.3) is 0 Å². The summed E-state index contributed by atoms with van der Waals surface area (Å²) < 4.78 is 0. The van der Waals surface area contributed by atoms with Crippen LogP contribution in [-0.2, 0) is 4.79 Å². The fourth-order valence-electron chi connectivity index (χ4n) is 4.13. The summed E-state index contributed by atoms with van der Waals surface area (Å²) >= 11 is 0. The zero-order chi connectivity index (χ0) is 18.4. The van der Waals surface area contributed by atoms with Gasteiger partial charge in [0.05, 0.1) is 19.6 Å². The molecular formula is C18H33IN6O2. The van der Waals surface area contributed by atoms with Crippen molar-refractivity contribution in [1.29, 1.82) is 0 Å². The number of hydrogen-bond acceptors (Lipinski definition) is 4. The van der Waals surface area contributed by atoms with Crippen LogP contribution in [-0.4, -0.2) is 79.6 Å². The SMILES string of the molecule is CCNC(=NCCN1C(=O)CNC1=O)NC1CCN(CC2CCCC2)C1.I. The van der Waals surface area contributed by atoms with E-state index >= 15 is 0 Å². The number of carbonyl (C=O) groups is 2. The molecule has 2 heterocycles. The lowest BCUT2D eigenvalue weighted by atomic mass is 10.1. The third-order valence-electron chi connectivity index (χ3n) is 5.48. The van der Waals surface area contributed by atoms with Gasteiger partial charge in [0.15, 0.2) is 5.96 Å². The number of rotatable bonds is 7. The van der Waals surface area contributed by atoms with Gasteiger partial charge in [0.1, 0.15) is 0 Å². The summed E-state index contributed by atoms with van der Waals surface area (Å²) in [6, 6.07) is 0.0902. The summed E-state index contributed by atoms with van der Waals surface area (Å²) in [6.45, 7) is 7.09. The largest absolute Gasteiger partial charge is 0.357 e. The number of nitrogens with zero attached hydrogens (tertiary/aromatic N) is 3. The summed E-state index contributed by atoms with van der Waals surface area (Å²) in [5.41, 5.74) is 0. The van der Waals surface area contributed by atoms with Crippen LogP contribution in [0.4, 0.5) is 4.79 Å². The topological polar surface area (TPSA) is 89.1 Å². The van der Waals surface area contributed by atoms with Gasteiger partial charge in [0, 0.05) is 32.2 Å². The molecule has 0 aromatic heterocycles. The molecule has 0 radical (unpaired) electrons. The second kappa shape index (κ2) is 11.0. The number of imide groups is 1. The zero-order valence-corrected chi connectivity index (χ0v) is 18.5. The lowest BCUT2D eigenvalue weighted by Gasteiger charge is -2.21. The van der Waals surface area contributed by atoms with Gasteiger partial charge >= 0.3 is 6.03 Å². The monoisotopic (exact) mass is 492 g/mol. The van der Waals surface area contributed by atoms with E-state index in [0.717, 1.165) is 37.9 Å².